The number of fused-ring (bicyclic) bond motifs is 1. The van der Waals surface area contributed by atoms with Gasteiger partial charge in [-0.2, -0.15) is 15.1 Å². The van der Waals surface area contributed by atoms with Crippen LogP contribution in [0.15, 0.2) is 42.6 Å². The van der Waals surface area contributed by atoms with Gasteiger partial charge in [-0.1, -0.05) is 32.0 Å². The van der Waals surface area contributed by atoms with Crippen LogP contribution < -0.4 is 20.7 Å². The summed E-state index contributed by atoms with van der Waals surface area (Å²) in [6.07, 6.45) is 3.62. The van der Waals surface area contributed by atoms with Gasteiger partial charge in [0.25, 0.3) is 0 Å². The Morgan fingerprint density at radius 2 is 1.91 bits per heavy atom. The zero-order valence-electron chi connectivity index (χ0n) is 27.3. The minimum Gasteiger partial charge on any atom is -0.492 e. The number of piperidine rings is 1. The summed E-state index contributed by atoms with van der Waals surface area (Å²) in [4.78, 5) is 26.2. The fourth-order valence-corrected chi connectivity index (χ4v) is 10.0. The van der Waals surface area contributed by atoms with Crippen molar-refractivity contribution in [3.8, 4) is 5.75 Å². The van der Waals surface area contributed by atoms with Crippen molar-refractivity contribution >= 4 is 63.9 Å². The normalized spacial score (nSPS) is 14.7. The molecule has 4 aromatic rings. The summed E-state index contributed by atoms with van der Waals surface area (Å²) < 4.78 is 6.15. The molecule has 0 spiro atoms. The van der Waals surface area contributed by atoms with Crippen LogP contribution >= 0.6 is 18.5 Å². The number of para-hydroxylation sites is 1. The Balaban J connectivity index is 1.40. The van der Waals surface area contributed by atoms with Crippen LogP contribution in [0.25, 0.3) is 11.0 Å². The average Bonchev–Trinajstić information content (AvgIpc) is 3.47. The number of aromatic nitrogens is 4. The fourth-order valence-electron chi connectivity index (χ4n) is 5.79. The minimum atomic E-state index is -0.408. The molecule has 3 heterocycles. The summed E-state index contributed by atoms with van der Waals surface area (Å²) >= 11 is 1.99. The number of likely N-dealkylation sites (N-methyl/N-ethyl adjacent to an activating group) is 1. The molecule has 1 fully saturated rings. The van der Waals surface area contributed by atoms with Crippen molar-refractivity contribution in [2.45, 2.75) is 51.7 Å². The van der Waals surface area contributed by atoms with E-state index in [4.69, 9.17) is 14.7 Å². The number of H-pyrrole nitrogens is 1. The number of hydrogen-bond acceptors (Lipinski definition) is 9. The molecule has 2 aromatic heterocycles. The third kappa shape index (κ3) is 8.07. The maximum Gasteiger partial charge on any atom is 0.236 e. The van der Waals surface area contributed by atoms with Gasteiger partial charge in [-0.3, -0.25) is 9.89 Å². The van der Waals surface area contributed by atoms with Crippen molar-refractivity contribution in [2.75, 3.05) is 57.6 Å². The lowest BCUT2D eigenvalue weighted by molar-refractivity contribution is -0.132. The number of likely N-dealkylation sites (tertiary alicyclic amines) is 1. The van der Waals surface area contributed by atoms with Crippen molar-refractivity contribution in [2.24, 2.45) is 0 Å². The Bertz CT molecular complexity index is 1620. The molecule has 0 aliphatic carbocycles. The molecule has 0 saturated carbocycles. The smallest absolute Gasteiger partial charge is 0.236 e. The van der Waals surface area contributed by atoms with Crippen molar-refractivity contribution in [1.29, 1.82) is 0 Å². The highest BCUT2D eigenvalue weighted by atomic mass is 32.7. The first-order chi connectivity index (χ1) is 21.6. The number of benzene rings is 2. The summed E-state index contributed by atoms with van der Waals surface area (Å²) in [6, 6.07) is 12.7. The van der Waals surface area contributed by atoms with Gasteiger partial charge in [-0.25, -0.2) is 0 Å². The van der Waals surface area contributed by atoms with Crippen molar-refractivity contribution < 1.29 is 9.53 Å². The van der Waals surface area contributed by atoms with Crippen LogP contribution in [0.5, 0.6) is 5.75 Å². The first kappa shape index (κ1) is 33.0. The van der Waals surface area contributed by atoms with Gasteiger partial charge in [0.1, 0.15) is 11.6 Å². The number of amides is 1. The SMILES string of the molecule is CCOc1cc(C2CCN(C(=O)CN(C)C)CC2)c(C)cc1Nc1nc(Nc2ccccc2P(C)SC(C)C)c2cn[nH]c2n1. The van der Waals surface area contributed by atoms with Gasteiger partial charge in [0.2, 0.25) is 11.9 Å². The lowest BCUT2D eigenvalue weighted by atomic mass is 9.86. The van der Waals surface area contributed by atoms with Gasteiger partial charge in [0.15, 0.2) is 5.65 Å². The number of rotatable bonds is 12. The van der Waals surface area contributed by atoms with Gasteiger partial charge in [0.05, 0.1) is 30.4 Å². The second-order valence-electron chi connectivity index (χ2n) is 12.0. The number of anilines is 4. The third-order valence-electron chi connectivity index (χ3n) is 7.83. The van der Waals surface area contributed by atoms with Crippen LogP contribution in [0.3, 0.4) is 0 Å². The minimum absolute atomic E-state index is 0.196. The Labute approximate surface area is 271 Å². The van der Waals surface area contributed by atoms with Crippen molar-refractivity contribution in [3.05, 3.63) is 53.7 Å². The molecule has 240 valence electrons. The molecule has 5 rings (SSSR count). The maximum atomic E-state index is 12.6. The van der Waals surface area contributed by atoms with Gasteiger partial charge in [-0.15, -0.1) is 11.4 Å². The summed E-state index contributed by atoms with van der Waals surface area (Å²) in [6.45, 7) is 13.4. The molecule has 1 amide bonds. The molecule has 1 aliphatic heterocycles. The molecule has 1 saturated heterocycles. The highest BCUT2D eigenvalue weighted by Gasteiger charge is 2.26. The zero-order chi connectivity index (χ0) is 32.1. The molecule has 1 aliphatic rings. The third-order valence-corrected chi connectivity index (χ3v) is 12.4. The molecule has 2 aromatic carbocycles. The molecule has 45 heavy (non-hydrogen) atoms. The van der Waals surface area contributed by atoms with Crippen LogP contribution in [-0.4, -0.2) is 88.1 Å². The molecule has 12 heteroatoms. The van der Waals surface area contributed by atoms with Crippen LogP contribution in [0, 0.1) is 6.92 Å². The number of aryl methyl sites for hydroxylation is 1. The van der Waals surface area contributed by atoms with Crippen LogP contribution in [0.1, 0.15) is 50.7 Å². The van der Waals surface area contributed by atoms with E-state index in [1.54, 1.807) is 6.20 Å². The summed E-state index contributed by atoms with van der Waals surface area (Å²) in [5.74, 6) is 2.46. The second kappa shape index (κ2) is 14.8. The molecule has 0 bridgehead atoms. The van der Waals surface area contributed by atoms with E-state index >= 15 is 0 Å². The zero-order valence-corrected chi connectivity index (χ0v) is 29.1. The van der Waals surface area contributed by atoms with E-state index in [1.165, 1.54) is 16.4 Å². The first-order valence-electron chi connectivity index (χ1n) is 15.6. The summed E-state index contributed by atoms with van der Waals surface area (Å²) in [7, 11) is 3.46. The van der Waals surface area contributed by atoms with E-state index in [-0.39, 0.29) is 5.91 Å². The Morgan fingerprint density at radius 3 is 2.62 bits per heavy atom. The van der Waals surface area contributed by atoms with E-state index in [9.17, 15) is 4.79 Å². The number of carbonyl (C=O) groups excluding carboxylic acids is 1. The van der Waals surface area contributed by atoms with E-state index in [2.05, 4.69) is 78.6 Å². The lowest BCUT2D eigenvalue weighted by Gasteiger charge is -2.33. The van der Waals surface area contributed by atoms with Gasteiger partial charge in [-0.05, 0) is 89.8 Å². The van der Waals surface area contributed by atoms with Crippen LogP contribution in [0.2, 0.25) is 0 Å². The largest absolute Gasteiger partial charge is 0.492 e. The van der Waals surface area contributed by atoms with Crippen LogP contribution in [-0.2, 0) is 4.79 Å². The van der Waals surface area contributed by atoms with Gasteiger partial charge < -0.3 is 25.2 Å². The number of nitrogens with one attached hydrogen (secondary N) is 3. The topological polar surface area (TPSA) is 111 Å². The average molecular weight is 649 g/mol. The highest BCUT2D eigenvalue weighted by molar-refractivity contribution is 8.58. The van der Waals surface area contributed by atoms with Crippen LogP contribution in [0.4, 0.5) is 23.1 Å². The molecule has 10 nitrogen and oxygen atoms in total. The monoisotopic (exact) mass is 648 g/mol. The lowest BCUT2D eigenvalue weighted by Crippen LogP contribution is -2.42. The molecule has 0 radical (unpaired) electrons. The van der Waals surface area contributed by atoms with E-state index in [0.29, 0.717) is 41.7 Å². The molecule has 1 unspecified atom stereocenters. The summed E-state index contributed by atoms with van der Waals surface area (Å²) in [5, 5.41) is 17.0. The quantitative estimate of drug-likeness (QED) is 0.146. The van der Waals surface area contributed by atoms with E-state index < -0.39 is 7.12 Å². The predicted octanol–water partition coefficient (Wildman–Crippen LogP) is 6.61. The first-order valence-corrected chi connectivity index (χ1v) is 18.8. The number of carbonyl (C=O) groups is 1. The van der Waals surface area contributed by atoms with E-state index in [0.717, 1.165) is 48.4 Å². The van der Waals surface area contributed by atoms with Crippen molar-refractivity contribution in [3.63, 3.8) is 0 Å². The molecule has 1 atom stereocenters. The maximum absolute atomic E-state index is 12.6. The van der Waals surface area contributed by atoms with Crippen molar-refractivity contribution in [1.82, 2.24) is 30.0 Å². The fraction of sp³-hybridized carbons (Fsp3) is 0.455. The predicted molar refractivity (Wildman–Crippen MR) is 189 cm³/mol. The molecule has 3 N–H and O–H groups in total. The Kier molecular flexibility index (Phi) is 10.8. The van der Waals surface area contributed by atoms with E-state index in [1.807, 2.05) is 48.3 Å². The standard InChI is InChI=1S/C33H45N8O2PS/c1-8-43-28-18-24(23-13-15-41(16-14-23)30(42)20-40(5)6)22(4)17-27(28)36-33-37-31(25-19-34-39-32(25)38-33)35-26-11-9-10-12-29(26)44(7)45-21(2)3/h9-12,17-19,21,23H,8,13-16,20H2,1-7H3,(H3,34,35,36,37,38,39). The Morgan fingerprint density at radius 1 is 1.16 bits per heavy atom. The van der Waals surface area contributed by atoms with Gasteiger partial charge >= 0.3 is 0 Å². The second-order valence-corrected chi connectivity index (χ2v) is 16.9. The summed E-state index contributed by atoms with van der Waals surface area (Å²) in [5.41, 5.74) is 4.93. The highest BCUT2D eigenvalue weighted by Crippen LogP contribution is 2.49. The Hall–Kier alpha value is -3.40. The molecular formula is C33H45N8O2PS. The number of aromatic amines is 1. The number of hydrogen-bond donors (Lipinski definition) is 3. The van der Waals surface area contributed by atoms with Gasteiger partial charge in [0, 0.05) is 29.3 Å². The molecular weight excluding hydrogens is 603 g/mol. The number of nitrogens with zero attached hydrogens (tertiary/aromatic N) is 5. The number of ether oxygens (including phenoxy) is 1.